The zero-order chi connectivity index (χ0) is 26.2. The third kappa shape index (κ3) is 6.10. The summed E-state index contributed by atoms with van der Waals surface area (Å²) in [6.07, 6.45) is 4.71. The summed E-state index contributed by atoms with van der Waals surface area (Å²) in [5.74, 6) is 0.992. The Morgan fingerprint density at radius 3 is 2.05 bits per heavy atom. The summed E-state index contributed by atoms with van der Waals surface area (Å²) in [6.45, 7) is 7.03. The van der Waals surface area contributed by atoms with Crippen LogP contribution in [0.15, 0.2) is 90.2 Å². The highest BCUT2D eigenvalue weighted by Gasteiger charge is 2.15. The van der Waals surface area contributed by atoms with Gasteiger partial charge in [0.15, 0.2) is 0 Å². The third-order valence-corrected chi connectivity index (χ3v) is 5.99. The number of aromatic nitrogens is 4. The second kappa shape index (κ2) is 12.1. The van der Waals surface area contributed by atoms with Crippen molar-refractivity contribution in [2.24, 2.45) is 4.99 Å². The summed E-state index contributed by atoms with van der Waals surface area (Å²) in [5.41, 5.74) is 9.99. The zero-order valence-corrected chi connectivity index (χ0v) is 21.8. The van der Waals surface area contributed by atoms with E-state index < -0.39 is 11.6 Å². The molecule has 1 aliphatic rings. The molecular formula is C29H27N5O2S. The molecule has 0 saturated carbocycles. The number of nitrogens with zero attached hydrogens (tertiary/aromatic N) is 5. The number of para-hydroxylation sites is 3. The molecule has 0 unspecified atom stereocenters. The van der Waals surface area contributed by atoms with E-state index in [0.717, 1.165) is 58.2 Å². The molecule has 0 atom stereocenters. The van der Waals surface area contributed by atoms with Gasteiger partial charge in [-0.15, -0.1) is 0 Å². The molecule has 0 spiro atoms. The van der Waals surface area contributed by atoms with E-state index in [9.17, 15) is 0 Å². The molecule has 0 aliphatic carbocycles. The van der Waals surface area contributed by atoms with E-state index in [0.29, 0.717) is 0 Å². The Morgan fingerprint density at radius 2 is 1.43 bits per heavy atom. The molecule has 5 aromatic rings. The Balaban J connectivity index is 0.000000157. The summed E-state index contributed by atoms with van der Waals surface area (Å²) in [6, 6.07) is 24.7. The molecule has 2 aromatic carbocycles. The van der Waals surface area contributed by atoms with Crippen LogP contribution in [0.25, 0.3) is 22.4 Å². The van der Waals surface area contributed by atoms with Crippen molar-refractivity contribution in [2.45, 2.75) is 33.7 Å². The first-order valence-corrected chi connectivity index (χ1v) is 12.6. The monoisotopic (exact) mass is 509 g/mol. The summed E-state index contributed by atoms with van der Waals surface area (Å²) >= 11 is -0.750. The van der Waals surface area contributed by atoms with Gasteiger partial charge in [-0.2, -0.15) is 8.42 Å². The van der Waals surface area contributed by atoms with E-state index in [-0.39, 0.29) is 0 Å². The summed E-state index contributed by atoms with van der Waals surface area (Å²) in [7, 11) is 0. The topological polar surface area (TPSA) is 90.1 Å². The van der Waals surface area contributed by atoms with Gasteiger partial charge in [-0.1, -0.05) is 30.3 Å². The minimum atomic E-state index is -0.750. The van der Waals surface area contributed by atoms with Crippen LogP contribution in [-0.2, 0) is 24.5 Å². The molecule has 0 fully saturated rings. The average molecular weight is 510 g/mol. The van der Waals surface area contributed by atoms with Gasteiger partial charge >= 0.3 is 11.6 Å². The normalized spacial score (nSPS) is 11.5. The van der Waals surface area contributed by atoms with Crippen LogP contribution in [0.1, 0.15) is 29.4 Å². The molecule has 1 aliphatic heterocycles. The number of fused-ring (bicyclic) bond motifs is 2. The predicted octanol–water partition coefficient (Wildman–Crippen LogP) is 5.82. The standard InChI is InChI=1S/C15H15N3.C14H12N2.O2S/c1-3-18-14-7-5-4-6-13(14)17-15(18)12-9-8-11(2)16-10-12;1-10-6-7-12(9-15-10)14-8-11-4-2-3-5-13(11)16-14;1-3-2/h4-10H,3H2,1-2H3;2-7,9H,8H2,1H3;. The molecule has 3 aromatic heterocycles. The van der Waals surface area contributed by atoms with Crippen LogP contribution >= 0.6 is 0 Å². The van der Waals surface area contributed by atoms with Crippen LogP contribution < -0.4 is 0 Å². The smallest absolute Gasteiger partial charge is 0.324 e. The molecular weight excluding hydrogens is 482 g/mol. The molecule has 0 radical (unpaired) electrons. The van der Waals surface area contributed by atoms with Crippen molar-refractivity contribution in [2.75, 3.05) is 0 Å². The van der Waals surface area contributed by atoms with Crippen molar-refractivity contribution < 1.29 is 8.42 Å². The third-order valence-electron chi connectivity index (χ3n) is 5.99. The molecule has 0 saturated heterocycles. The number of aryl methyl sites for hydroxylation is 3. The van der Waals surface area contributed by atoms with E-state index in [1.54, 1.807) is 0 Å². The van der Waals surface area contributed by atoms with Gasteiger partial charge in [0.1, 0.15) is 5.82 Å². The van der Waals surface area contributed by atoms with Gasteiger partial charge in [0.25, 0.3) is 0 Å². The quantitative estimate of drug-likeness (QED) is 0.306. The first-order valence-electron chi connectivity index (χ1n) is 11.9. The first kappa shape index (κ1) is 25.8. The lowest BCUT2D eigenvalue weighted by Gasteiger charge is -2.05. The van der Waals surface area contributed by atoms with E-state index in [2.05, 4.69) is 62.8 Å². The number of imidazole rings is 1. The molecule has 0 N–H and O–H groups in total. The molecule has 4 heterocycles. The average Bonchev–Trinajstić information content (AvgIpc) is 3.52. The number of benzene rings is 2. The van der Waals surface area contributed by atoms with Gasteiger partial charge in [0.2, 0.25) is 0 Å². The Hall–Kier alpha value is -4.30. The second-order valence-corrected chi connectivity index (χ2v) is 8.61. The number of hydrogen-bond acceptors (Lipinski definition) is 6. The summed E-state index contributed by atoms with van der Waals surface area (Å²) in [4.78, 5) is 18.0. The van der Waals surface area contributed by atoms with Crippen molar-refractivity contribution in [1.82, 2.24) is 19.5 Å². The molecule has 37 heavy (non-hydrogen) atoms. The number of rotatable bonds is 3. The molecule has 6 rings (SSSR count). The first-order chi connectivity index (χ1) is 18.0. The lowest BCUT2D eigenvalue weighted by Crippen LogP contribution is -2.01. The molecule has 0 amide bonds. The number of hydrogen-bond donors (Lipinski definition) is 0. The van der Waals surface area contributed by atoms with E-state index in [4.69, 9.17) is 13.4 Å². The number of aliphatic imine (C=N–C) groups is 1. The Labute approximate surface area is 219 Å². The van der Waals surface area contributed by atoms with Gasteiger partial charge in [-0.3, -0.25) is 15.0 Å². The SMILES string of the molecule is CCn1c(-c2ccc(C)nc2)nc2ccccc21.Cc1ccc(C2=Nc3ccccc3C2)cn1.O=S=O. The van der Waals surface area contributed by atoms with Crippen molar-refractivity contribution >= 4 is 34.0 Å². The van der Waals surface area contributed by atoms with Gasteiger partial charge in [-0.05, 0) is 68.8 Å². The molecule has 186 valence electrons. The lowest BCUT2D eigenvalue weighted by atomic mass is 10.1. The fraction of sp³-hybridized carbons (Fsp3) is 0.172. The summed E-state index contributed by atoms with van der Waals surface area (Å²) in [5, 5.41) is 0. The van der Waals surface area contributed by atoms with Crippen molar-refractivity contribution in [3.63, 3.8) is 0 Å². The Kier molecular flexibility index (Phi) is 8.43. The minimum Gasteiger partial charge on any atom is -0.324 e. The lowest BCUT2D eigenvalue weighted by molar-refractivity contribution is 0.630. The van der Waals surface area contributed by atoms with Gasteiger partial charge in [0, 0.05) is 47.9 Å². The van der Waals surface area contributed by atoms with Crippen molar-refractivity contribution in [3.05, 3.63) is 108 Å². The van der Waals surface area contributed by atoms with Crippen LogP contribution in [0.4, 0.5) is 5.69 Å². The van der Waals surface area contributed by atoms with Crippen LogP contribution in [0, 0.1) is 13.8 Å². The van der Waals surface area contributed by atoms with E-state index in [1.165, 1.54) is 11.1 Å². The Morgan fingerprint density at radius 1 is 0.811 bits per heavy atom. The summed E-state index contributed by atoms with van der Waals surface area (Å²) < 4.78 is 18.8. The maximum atomic E-state index is 8.29. The van der Waals surface area contributed by atoms with Gasteiger partial charge in [-0.25, -0.2) is 4.98 Å². The predicted molar refractivity (Wildman–Crippen MR) is 148 cm³/mol. The molecule has 7 nitrogen and oxygen atoms in total. The zero-order valence-electron chi connectivity index (χ0n) is 21.0. The highest BCUT2D eigenvalue weighted by atomic mass is 32.1. The highest BCUT2D eigenvalue weighted by molar-refractivity contribution is 7.51. The molecule has 8 heteroatoms. The highest BCUT2D eigenvalue weighted by Crippen LogP contribution is 2.28. The molecule has 0 bridgehead atoms. The van der Waals surface area contributed by atoms with E-state index in [1.807, 2.05) is 62.6 Å². The second-order valence-electron chi connectivity index (χ2n) is 8.48. The fourth-order valence-corrected chi connectivity index (χ4v) is 4.16. The largest absolute Gasteiger partial charge is 0.335 e. The van der Waals surface area contributed by atoms with Gasteiger partial charge < -0.3 is 4.57 Å². The van der Waals surface area contributed by atoms with Crippen molar-refractivity contribution in [1.29, 1.82) is 0 Å². The maximum Gasteiger partial charge on any atom is 0.335 e. The Bertz CT molecular complexity index is 1570. The number of pyridine rings is 2. The fourth-order valence-electron chi connectivity index (χ4n) is 4.16. The van der Waals surface area contributed by atoms with Crippen molar-refractivity contribution in [3.8, 4) is 11.4 Å². The minimum absolute atomic E-state index is 0.750. The van der Waals surface area contributed by atoms with Crippen LogP contribution in [0.2, 0.25) is 0 Å². The van der Waals surface area contributed by atoms with Crippen LogP contribution in [0.5, 0.6) is 0 Å². The van der Waals surface area contributed by atoms with Crippen LogP contribution in [0.3, 0.4) is 0 Å². The van der Waals surface area contributed by atoms with Gasteiger partial charge in [0.05, 0.1) is 22.4 Å². The maximum absolute atomic E-state index is 8.29. The van der Waals surface area contributed by atoms with Crippen LogP contribution in [-0.4, -0.2) is 33.6 Å². The van der Waals surface area contributed by atoms with E-state index >= 15 is 0 Å².